The van der Waals surface area contributed by atoms with E-state index in [9.17, 15) is 0 Å². The van der Waals surface area contributed by atoms with Crippen LogP contribution in [0, 0.1) is 0 Å². The summed E-state index contributed by atoms with van der Waals surface area (Å²) in [4.78, 5) is 1.47. The van der Waals surface area contributed by atoms with Gasteiger partial charge in [-0.25, -0.2) is 4.57 Å². The van der Waals surface area contributed by atoms with Gasteiger partial charge in [0.15, 0.2) is 11.9 Å². The highest BCUT2D eigenvalue weighted by Gasteiger charge is 2.04. The number of thiophene rings is 1. The van der Waals surface area contributed by atoms with E-state index >= 15 is 0 Å². The van der Waals surface area contributed by atoms with E-state index in [2.05, 4.69) is 53.5 Å². The van der Waals surface area contributed by atoms with Crippen molar-refractivity contribution in [3.8, 4) is 0 Å². The molecule has 0 amide bonds. The van der Waals surface area contributed by atoms with E-state index < -0.39 is 0 Å². The number of rotatable bonds is 3. The molecule has 0 aliphatic heterocycles. The van der Waals surface area contributed by atoms with E-state index in [1.807, 2.05) is 11.3 Å². The van der Waals surface area contributed by atoms with E-state index in [-0.39, 0.29) is 24.0 Å². The molecule has 2 aromatic rings. The molecule has 0 aliphatic carbocycles. The summed E-state index contributed by atoms with van der Waals surface area (Å²) < 4.78 is 2.19. The Labute approximate surface area is 112 Å². The summed E-state index contributed by atoms with van der Waals surface area (Å²) in [6.07, 6.45) is 4.37. The summed E-state index contributed by atoms with van der Waals surface area (Å²) in [5.74, 6) is 0. The van der Waals surface area contributed by atoms with Crippen molar-refractivity contribution >= 4 is 11.3 Å². The number of aromatic nitrogens is 1. The number of hydrogen-bond donors (Lipinski definition) is 0. The van der Waals surface area contributed by atoms with Crippen LogP contribution in [0.15, 0.2) is 41.9 Å². The zero-order valence-electron chi connectivity index (χ0n) is 8.69. The lowest BCUT2D eigenvalue weighted by Gasteiger charge is -1.97. The van der Waals surface area contributed by atoms with Gasteiger partial charge in [-0.2, -0.15) is 0 Å². The zero-order valence-corrected chi connectivity index (χ0v) is 11.7. The maximum absolute atomic E-state index is 2.20. The van der Waals surface area contributed by atoms with Crippen LogP contribution in [0.25, 0.3) is 0 Å². The van der Waals surface area contributed by atoms with Gasteiger partial charge in [0.1, 0.15) is 7.05 Å². The minimum atomic E-state index is 0. The third-order valence-electron chi connectivity index (χ3n) is 2.37. The molecule has 0 radical (unpaired) electrons. The molecule has 0 N–H and O–H groups in total. The third kappa shape index (κ3) is 3.57. The Morgan fingerprint density at radius 2 is 2.00 bits per heavy atom. The average molecular weight is 331 g/mol. The van der Waals surface area contributed by atoms with Crippen LogP contribution in [-0.2, 0) is 19.9 Å². The van der Waals surface area contributed by atoms with Crippen LogP contribution in [0.3, 0.4) is 0 Å². The summed E-state index contributed by atoms with van der Waals surface area (Å²) in [5.41, 5.74) is 1.39. The quantitative estimate of drug-likeness (QED) is 0.521. The summed E-state index contributed by atoms with van der Waals surface area (Å²) in [7, 11) is 2.10. The predicted molar refractivity (Wildman–Crippen MR) is 59.3 cm³/mol. The SMILES string of the molecule is C[n+]1ccccc1CCc1cccs1.[I-]. The van der Waals surface area contributed by atoms with Gasteiger partial charge in [-0.15, -0.1) is 11.3 Å². The normalized spacial score (nSPS) is 9.67. The highest BCUT2D eigenvalue weighted by atomic mass is 127. The van der Waals surface area contributed by atoms with Crippen molar-refractivity contribution in [2.24, 2.45) is 7.05 Å². The van der Waals surface area contributed by atoms with Gasteiger partial charge < -0.3 is 24.0 Å². The van der Waals surface area contributed by atoms with Gasteiger partial charge >= 0.3 is 0 Å². The van der Waals surface area contributed by atoms with Crippen molar-refractivity contribution in [3.63, 3.8) is 0 Å². The van der Waals surface area contributed by atoms with Crippen LogP contribution in [0.5, 0.6) is 0 Å². The number of pyridine rings is 1. The van der Waals surface area contributed by atoms with Crippen LogP contribution in [0.1, 0.15) is 10.6 Å². The molecule has 0 saturated carbocycles. The molecule has 3 heteroatoms. The van der Waals surface area contributed by atoms with E-state index in [0.29, 0.717) is 0 Å². The first-order chi connectivity index (χ1) is 6.86. The Balaban J connectivity index is 0.00000112. The maximum atomic E-state index is 2.20. The standard InChI is InChI=1S/C12H14NS.HI/c1-13-9-3-2-5-11(13)7-8-12-6-4-10-14-12;/h2-6,9-10H,7-8H2,1H3;1H/q+1;/p-1. The van der Waals surface area contributed by atoms with Gasteiger partial charge in [0, 0.05) is 23.4 Å². The largest absolute Gasteiger partial charge is 1.00 e. The molecule has 15 heavy (non-hydrogen) atoms. The van der Waals surface area contributed by atoms with E-state index in [0.717, 1.165) is 12.8 Å². The Bertz CT molecular complexity index is 398. The van der Waals surface area contributed by atoms with E-state index in [4.69, 9.17) is 0 Å². The Morgan fingerprint density at radius 1 is 1.13 bits per heavy atom. The molecule has 0 unspecified atom stereocenters. The van der Waals surface area contributed by atoms with Crippen LogP contribution in [0.4, 0.5) is 0 Å². The molecule has 2 heterocycles. The summed E-state index contributed by atoms with van der Waals surface area (Å²) in [6.45, 7) is 0. The molecule has 2 rings (SSSR count). The fraction of sp³-hybridized carbons (Fsp3) is 0.250. The minimum Gasteiger partial charge on any atom is -1.00 e. The van der Waals surface area contributed by atoms with Gasteiger partial charge in [-0.1, -0.05) is 12.1 Å². The number of halogens is 1. The Hall–Kier alpha value is -0.420. The molecule has 0 atom stereocenters. The van der Waals surface area contributed by atoms with Crippen LogP contribution >= 0.6 is 11.3 Å². The van der Waals surface area contributed by atoms with Crippen LogP contribution < -0.4 is 28.5 Å². The van der Waals surface area contributed by atoms with Crippen molar-refractivity contribution < 1.29 is 28.5 Å². The Morgan fingerprint density at radius 3 is 2.67 bits per heavy atom. The average Bonchev–Trinajstić information content (AvgIpc) is 2.69. The molecule has 0 fully saturated rings. The van der Waals surface area contributed by atoms with Crippen LogP contribution in [-0.4, -0.2) is 0 Å². The fourth-order valence-corrected chi connectivity index (χ4v) is 2.23. The minimum absolute atomic E-state index is 0. The first-order valence-corrected chi connectivity index (χ1v) is 5.70. The number of nitrogens with zero attached hydrogens (tertiary/aromatic N) is 1. The molecule has 0 bridgehead atoms. The van der Waals surface area contributed by atoms with Crippen molar-refractivity contribution in [1.82, 2.24) is 0 Å². The summed E-state index contributed by atoms with van der Waals surface area (Å²) in [6, 6.07) is 10.7. The lowest BCUT2D eigenvalue weighted by Crippen LogP contribution is -3.00. The van der Waals surface area contributed by atoms with Crippen molar-refractivity contribution in [2.75, 3.05) is 0 Å². The molecule has 1 nitrogen and oxygen atoms in total. The first kappa shape index (κ1) is 12.6. The molecule has 0 spiro atoms. The second kappa shape index (κ2) is 6.23. The molecule has 0 aromatic carbocycles. The van der Waals surface area contributed by atoms with E-state index in [1.165, 1.54) is 10.6 Å². The summed E-state index contributed by atoms with van der Waals surface area (Å²) in [5, 5.41) is 2.14. The highest BCUT2D eigenvalue weighted by Crippen LogP contribution is 2.10. The highest BCUT2D eigenvalue weighted by molar-refractivity contribution is 7.09. The Kier molecular flexibility index (Phi) is 5.25. The smallest absolute Gasteiger partial charge is 0.181 e. The number of aryl methyl sites for hydroxylation is 3. The van der Waals surface area contributed by atoms with E-state index in [1.54, 1.807) is 0 Å². The van der Waals surface area contributed by atoms with Crippen molar-refractivity contribution in [1.29, 1.82) is 0 Å². The maximum Gasteiger partial charge on any atom is 0.181 e. The first-order valence-electron chi connectivity index (χ1n) is 4.82. The lowest BCUT2D eigenvalue weighted by molar-refractivity contribution is -0.679. The molecule has 80 valence electrons. The summed E-state index contributed by atoms with van der Waals surface area (Å²) >= 11 is 1.84. The second-order valence-electron chi connectivity index (χ2n) is 3.38. The lowest BCUT2D eigenvalue weighted by atomic mass is 10.2. The molecule has 0 saturated heterocycles. The van der Waals surface area contributed by atoms with Crippen molar-refractivity contribution in [3.05, 3.63) is 52.5 Å². The second-order valence-corrected chi connectivity index (χ2v) is 4.41. The van der Waals surface area contributed by atoms with Crippen molar-refractivity contribution in [2.45, 2.75) is 12.8 Å². The van der Waals surface area contributed by atoms with Gasteiger partial charge in [-0.05, 0) is 17.9 Å². The van der Waals surface area contributed by atoms with Gasteiger partial charge in [0.25, 0.3) is 0 Å². The molecule has 2 aromatic heterocycles. The van der Waals surface area contributed by atoms with Crippen LogP contribution in [0.2, 0.25) is 0 Å². The third-order valence-corrected chi connectivity index (χ3v) is 3.31. The van der Waals surface area contributed by atoms with Gasteiger partial charge in [0.2, 0.25) is 0 Å². The fourth-order valence-electron chi connectivity index (χ4n) is 1.52. The monoisotopic (exact) mass is 331 g/mol. The topological polar surface area (TPSA) is 3.88 Å². The number of hydrogen-bond acceptors (Lipinski definition) is 1. The van der Waals surface area contributed by atoms with Gasteiger partial charge in [0.05, 0.1) is 0 Å². The predicted octanol–water partition coefficient (Wildman–Crippen LogP) is -0.638. The van der Waals surface area contributed by atoms with Gasteiger partial charge in [-0.3, -0.25) is 0 Å². The molecular formula is C12H14INS. The zero-order chi connectivity index (χ0) is 9.80. The molecular weight excluding hydrogens is 317 g/mol. The molecule has 0 aliphatic rings.